The van der Waals surface area contributed by atoms with Gasteiger partial charge in [0, 0.05) is 17.8 Å². The molecule has 0 aliphatic carbocycles. The van der Waals surface area contributed by atoms with Crippen LogP contribution in [-0.2, 0) is 16.6 Å². The van der Waals surface area contributed by atoms with E-state index in [1.54, 1.807) is 18.2 Å². The summed E-state index contributed by atoms with van der Waals surface area (Å²) in [6, 6.07) is 10.5. The molecule has 21 heavy (non-hydrogen) atoms. The van der Waals surface area contributed by atoms with Crippen LogP contribution in [0.15, 0.2) is 47.4 Å². The van der Waals surface area contributed by atoms with E-state index in [-0.39, 0.29) is 11.4 Å². The topological polar surface area (TPSA) is 78.4 Å². The van der Waals surface area contributed by atoms with Crippen LogP contribution in [0.5, 0.6) is 5.75 Å². The molecule has 112 valence electrons. The van der Waals surface area contributed by atoms with E-state index in [9.17, 15) is 17.9 Å². The zero-order chi connectivity index (χ0) is 15.5. The Morgan fingerprint density at radius 1 is 1.19 bits per heavy atom. The highest BCUT2D eigenvalue weighted by molar-refractivity contribution is 7.89. The van der Waals surface area contributed by atoms with Gasteiger partial charge in [0.1, 0.15) is 0 Å². The summed E-state index contributed by atoms with van der Waals surface area (Å²) in [5.41, 5.74) is 0.937. The third kappa shape index (κ3) is 3.50. The first kappa shape index (κ1) is 15.3. The highest BCUT2D eigenvalue weighted by Gasteiger charge is 2.11. The van der Waals surface area contributed by atoms with Crippen molar-refractivity contribution < 1.29 is 17.9 Å². The lowest BCUT2D eigenvalue weighted by atomic mass is 10.2. The minimum absolute atomic E-state index is 0.124. The molecule has 0 spiro atoms. The Hall–Kier alpha value is -2.12. The van der Waals surface area contributed by atoms with Crippen LogP contribution in [-0.4, -0.2) is 20.6 Å². The Morgan fingerprint density at radius 3 is 2.62 bits per heavy atom. The fraction of sp³-hybridized carbons (Fsp3) is 0.143. The maximum absolute atomic E-state index is 13.2. The number of anilines is 1. The van der Waals surface area contributed by atoms with Crippen LogP contribution in [0.4, 0.5) is 10.1 Å². The second kappa shape index (κ2) is 6.11. The van der Waals surface area contributed by atoms with Crippen molar-refractivity contribution in [3.63, 3.8) is 0 Å². The number of phenolic OH excluding ortho intramolecular Hbond substituents is 1. The predicted molar refractivity (Wildman–Crippen MR) is 78.1 cm³/mol. The molecular formula is C14H15FN2O3S. The number of sulfonamides is 1. The molecule has 2 aromatic rings. The summed E-state index contributed by atoms with van der Waals surface area (Å²) in [7, 11) is -2.18. The van der Waals surface area contributed by atoms with Gasteiger partial charge in [0.15, 0.2) is 11.6 Å². The van der Waals surface area contributed by atoms with E-state index in [0.29, 0.717) is 11.3 Å². The fourth-order valence-electron chi connectivity index (χ4n) is 1.79. The number of rotatable bonds is 5. The molecule has 7 heteroatoms. The number of aromatic hydroxyl groups is 1. The van der Waals surface area contributed by atoms with E-state index >= 15 is 0 Å². The van der Waals surface area contributed by atoms with Gasteiger partial charge < -0.3 is 10.4 Å². The van der Waals surface area contributed by atoms with Gasteiger partial charge in [0.2, 0.25) is 10.0 Å². The Kier molecular flexibility index (Phi) is 4.44. The molecule has 2 aromatic carbocycles. The minimum atomic E-state index is -3.52. The van der Waals surface area contributed by atoms with Crippen LogP contribution in [0.1, 0.15) is 5.56 Å². The van der Waals surface area contributed by atoms with Crippen LogP contribution >= 0.6 is 0 Å². The van der Waals surface area contributed by atoms with Crippen LogP contribution < -0.4 is 10.0 Å². The molecule has 0 aliphatic rings. The van der Waals surface area contributed by atoms with Crippen molar-refractivity contribution in [2.24, 2.45) is 0 Å². The van der Waals surface area contributed by atoms with Crippen LogP contribution in [0, 0.1) is 5.82 Å². The standard InChI is InChI=1S/C14H15FN2O3S/c1-16-21(19,20)12-6-3-5-11(8-12)17-9-10-4-2-7-13(15)14(10)18/h2-8,16-18H,9H2,1H3. The Labute approximate surface area is 122 Å². The molecule has 0 amide bonds. The predicted octanol–water partition coefficient (Wildman–Crippen LogP) is 2.05. The van der Waals surface area contributed by atoms with Crippen LogP contribution in [0.25, 0.3) is 0 Å². The van der Waals surface area contributed by atoms with Gasteiger partial charge in [0.25, 0.3) is 0 Å². The van der Waals surface area contributed by atoms with E-state index in [1.807, 2.05) is 0 Å². The average Bonchev–Trinajstić information content (AvgIpc) is 2.49. The smallest absolute Gasteiger partial charge is 0.240 e. The van der Waals surface area contributed by atoms with Gasteiger partial charge >= 0.3 is 0 Å². The number of para-hydroxylation sites is 1. The molecule has 0 unspecified atom stereocenters. The van der Waals surface area contributed by atoms with Crippen molar-refractivity contribution >= 4 is 15.7 Å². The monoisotopic (exact) mass is 310 g/mol. The summed E-state index contributed by atoms with van der Waals surface area (Å²) >= 11 is 0. The van der Waals surface area contributed by atoms with Crippen molar-refractivity contribution in [2.75, 3.05) is 12.4 Å². The van der Waals surface area contributed by atoms with E-state index in [1.165, 1.54) is 31.3 Å². The first-order valence-corrected chi connectivity index (χ1v) is 7.66. The van der Waals surface area contributed by atoms with Gasteiger partial charge in [-0.1, -0.05) is 18.2 Å². The second-order valence-electron chi connectivity index (χ2n) is 4.34. The van der Waals surface area contributed by atoms with Crippen molar-refractivity contribution in [2.45, 2.75) is 11.4 Å². The second-order valence-corrected chi connectivity index (χ2v) is 6.22. The largest absolute Gasteiger partial charge is 0.505 e. The third-order valence-corrected chi connectivity index (χ3v) is 4.38. The van der Waals surface area contributed by atoms with Crippen LogP contribution in [0.3, 0.4) is 0 Å². The third-order valence-electron chi connectivity index (χ3n) is 2.97. The molecule has 2 rings (SSSR count). The highest BCUT2D eigenvalue weighted by Crippen LogP contribution is 2.22. The Balaban J connectivity index is 2.18. The van der Waals surface area contributed by atoms with Gasteiger partial charge in [-0.25, -0.2) is 17.5 Å². The van der Waals surface area contributed by atoms with Crippen LogP contribution in [0.2, 0.25) is 0 Å². The Morgan fingerprint density at radius 2 is 1.90 bits per heavy atom. The molecule has 0 saturated heterocycles. The van der Waals surface area contributed by atoms with E-state index in [4.69, 9.17) is 0 Å². The molecule has 3 N–H and O–H groups in total. The average molecular weight is 310 g/mol. The molecule has 5 nitrogen and oxygen atoms in total. The lowest BCUT2D eigenvalue weighted by molar-refractivity contribution is 0.427. The zero-order valence-corrected chi connectivity index (χ0v) is 12.1. The molecule has 0 saturated carbocycles. The van der Waals surface area contributed by atoms with Gasteiger partial charge in [0.05, 0.1) is 4.90 Å². The number of hydrogen-bond acceptors (Lipinski definition) is 4. The lowest BCUT2D eigenvalue weighted by Crippen LogP contribution is -2.18. The summed E-state index contributed by atoms with van der Waals surface area (Å²) in [4.78, 5) is 0.124. The minimum Gasteiger partial charge on any atom is -0.505 e. The molecule has 0 aliphatic heterocycles. The maximum atomic E-state index is 13.2. The molecule has 0 bridgehead atoms. The summed E-state index contributed by atoms with van der Waals surface area (Å²) in [5.74, 6) is -1.11. The fourth-order valence-corrected chi connectivity index (χ4v) is 2.57. The molecule has 0 heterocycles. The van der Waals surface area contributed by atoms with Crippen molar-refractivity contribution in [3.05, 3.63) is 53.8 Å². The first-order chi connectivity index (χ1) is 9.94. The summed E-state index contributed by atoms with van der Waals surface area (Å²) in [6.07, 6.45) is 0. The SMILES string of the molecule is CNS(=O)(=O)c1cccc(NCc2cccc(F)c2O)c1. The number of halogens is 1. The number of nitrogens with one attached hydrogen (secondary N) is 2. The number of benzene rings is 2. The van der Waals surface area contributed by atoms with Gasteiger partial charge in [-0.2, -0.15) is 0 Å². The first-order valence-electron chi connectivity index (χ1n) is 6.18. The molecule has 0 radical (unpaired) electrons. The summed E-state index contributed by atoms with van der Waals surface area (Å²) in [5, 5.41) is 12.5. The lowest BCUT2D eigenvalue weighted by Gasteiger charge is -2.10. The number of phenols is 1. The maximum Gasteiger partial charge on any atom is 0.240 e. The van der Waals surface area contributed by atoms with Crippen molar-refractivity contribution in [3.8, 4) is 5.75 Å². The van der Waals surface area contributed by atoms with E-state index < -0.39 is 21.6 Å². The molecule has 0 fully saturated rings. The van der Waals surface area contributed by atoms with Gasteiger partial charge in [-0.3, -0.25) is 0 Å². The quantitative estimate of drug-likeness (QED) is 0.790. The van der Waals surface area contributed by atoms with Crippen molar-refractivity contribution in [1.82, 2.24) is 4.72 Å². The zero-order valence-electron chi connectivity index (χ0n) is 11.3. The normalized spacial score (nSPS) is 11.3. The van der Waals surface area contributed by atoms with Gasteiger partial charge in [-0.15, -0.1) is 0 Å². The summed E-state index contributed by atoms with van der Waals surface area (Å²) < 4.78 is 38.8. The molecule has 0 atom stereocenters. The van der Waals surface area contributed by atoms with E-state index in [2.05, 4.69) is 10.0 Å². The molecule has 0 aromatic heterocycles. The molecular weight excluding hydrogens is 295 g/mol. The Bertz CT molecular complexity index is 748. The summed E-state index contributed by atoms with van der Waals surface area (Å²) in [6.45, 7) is 0.173. The van der Waals surface area contributed by atoms with E-state index in [0.717, 1.165) is 0 Å². The van der Waals surface area contributed by atoms with Crippen molar-refractivity contribution in [1.29, 1.82) is 0 Å². The number of hydrogen-bond donors (Lipinski definition) is 3. The highest BCUT2D eigenvalue weighted by atomic mass is 32.2. The van der Waals surface area contributed by atoms with Gasteiger partial charge in [-0.05, 0) is 31.3 Å².